The highest BCUT2D eigenvalue weighted by atomic mass is 32.1. The number of hydrogen-bond acceptors (Lipinski definition) is 4. The number of aryl methyl sites for hydroxylation is 1. The van der Waals surface area contributed by atoms with Gasteiger partial charge in [-0.25, -0.2) is 9.78 Å². The number of fused-ring (bicyclic) bond motifs is 1. The highest BCUT2D eigenvalue weighted by molar-refractivity contribution is 7.21. The molecule has 124 valence electrons. The van der Waals surface area contributed by atoms with E-state index in [1.165, 1.54) is 10.3 Å². The molecule has 0 fully saturated rings. The molecule has 5 heteroatoms. The molecule has 1 amide bonds. The zero-order valence-electron chi connectivity index (χ0n) is 14.2. The van der Waals surface area contributed by atoms with E-state index < -0.39 is 11.7 Å². The largest absolute Gasteiger partial charge is 0.444 e. The first kappa shape index (κ1) is 16.5. The monoisotopic (exact) mass is 340 g/mol. The van der Waals surface area contributed by atoms with E-state index >= 15 is 0 Å². The molecule has 3 aromatic rings. The third kappa shape index (κ3) is 3.92. The summed E-state index contributed by atoms with van der Waals surface area (Å²) in [7, 11) is 0. The Morgan fingerprint density at radius 2 is 1.83 bits per heavy atom. The molecule has 0 saturated carbocycles. The SMILES string of the molecule is Cc1ccc2nc(-c3ccc(NC(=O)OC(C)(C)C)cc3)sc2c1. The Labute approximate surface area is 145 Å². The number of carbonyl (C=O) groups is 1. The van der Waals surface area contributed by atoms with Gasteiger partial charge < -0.3 is 4.74 Å². The molecule has 0 radical (unpaired) electrons. The second kappa shape index (κ2) is 6.24. The minimum absolute atomic E-state index is 0.453. The van der Waals surface area contributed by atoms with Crippen LogP contribution in [0.15, 0.2) is 42.5 Å². The molecule has 0 saturated heterocycles. The lowest BCUT2D eigenvalue weighted by Gasteiger charge is -2.19. The lowest BCUT2D eigenvalue weighted by molar-refractivity contribution is 0.0636. The van der Waals surface area contributed by atoms with E-state index in [1.54, 1.807) is 11.3 Å². The summed E-state index contributed by atoms with van der Waals surface area (Å²) in [6.45, 7) is 7.59. The second-order valence-electron chi connectivity index (χ2n) is 6.69. The van der Waals surface area contributed by atoms with E-state index in [1.807, 2.05) is 51.1 Å². The Morgan fingerprint density at radius 3 is 2.50 bits per heavy atom. The molecule has 4 nitrogen and oxygen atoms in total. The van der Waals surface area contributed by atoms with Gasteiger partial charge in [0.2, 0.25) is 0 Å². The highest BCUT2D eigenvalue weighted by Gasteiger charge is 2.16. The van der Waals surface area contributed by atoms with Gasteiger partial charge >= 0.3 is 6.09 Å². The molecule has 0 aliphatic heterocycles. The molecular formula is C19H20N2O2S. The van der Waals surface area contributed by atoms with E-state index in [4.69, 9.17) is 4.74 Å². The number of rotatable bonds is 2. The molecule has 0 unspecified atom stereocenters. The topological polar surface area (TPSA) is 51.2 Å². The van der Waals surface area contributed by atoms with Crippen molar-refractivity contribution in [2.24, 2.45) is 0 Å². The first-order chi connectivity index (χ1) is 11.3. The standard InChI is InChI=1S/C19H20N2O2S/c1-12-5-10-15-16(11-12)24-17(21-15)13-6-8-14(9-7-13)20-18(22)23-19(2,3)4/h5-11H,1-4H3,(H,20,22). The molecule has 2 aromatic carbocycles. The van der Waals surface area contributed by atoms with Crippen LogP contribution in [0.3, 0.4) is 0 Å². The summed E-state index contributed by atoms with van der Waals surface area (Å²) in [4.78, 5) is 16.5. The third-order valence-electron chi connectivity index (χ3n) is 3.32. The number of benzene rings is 2. The molecule has 1 N–H and O–H groups in total. The van der Waals surface area contributed by atoms with Gasteiger partial charge in [-0.2, -0.15) is 0 Å². The predicted molar refractivity (Wildman–Crippen MR) is 99.6 cm³/mol. The van der Waals surface area contributed by atoms with Crippen LogP contribution in [0.2, 0.25) is 0 Å². The molecule has 0 spiro atoms. The molecule has 3 rings (SSSR count). The van der Waals surface area contributed by atoms with Crippen molar-refractivity contribution in [2.75, 3.05) is 5.32 Å². The molecule has 0 aliphatic rings. The number of thiazole rings is 1. The van der Waals surface area contributed by atoms with Crippen LogP contribution >= 0.6 is 11.3 Å². The van der Waals surface area contributed by atoms with Crippen LogP contribution in [-0.2, 0) is 4.74 Å². The zero-order valence-corrected chi connectivity index (χ0v) is 15.0. The molecule has 0 aliphatic carbocycles. The Hall–Kier alpha value is -2.40. The fraction of sp³-hybridized carbons (Fsp3) is 0.263. The number of hydrogen-bond donors (Lipinski definition) is 1. The Bertz CT molecular complexity index is 877. The summed E-state index contributed by atoms with van der Waals surface area (Å²) in [6.07, 6.45) is -0.453. The predicted octanol–water partition coefficient (Wildman–Crippen LogP) is 5.62. The van der Waals surface area contributed by atoms with Crippen molar-refractivity contribution in [1.82, 2.24) is 4.98 Å². The number of anilines is 1. The summed E-state index contributed by atoms with van der Waals surface area (Å²) in [6, 6.07) is 13.9. The second-order valence-corrected chi connectivity index (χ2v) is 7.73. The lowest BCUT2D eigenvalue weighted by atomic mass is 10.2. The molecule has 0 bridgehead atoms. The van der Waals surface area contributed by atoms with Gasteiger partial charge in [-0.15, -0.1) is 11.3 Å². The van der Waals surface area contributed by atoms with Crippen LogP contribution in [0.25, 0.3) is 20.8 Å². The quantitative estimate of drug-likeness (QED) is 0.659. The van der Waals surface area contributed by atoms with Crippen LogP contribution < -0.4 is 5.32 Å². The van der Waals surface area contributed by atoms with E-state index in [9.17, 15) is 4.79 Å². The fourth-order valence-electron chi connectivity index (χ4n) is 2.27. The van der Waals surface area contributed by atoms with E-state index in [-0.39, 0.29) is 0 Å². The third-order valence-corrected chi connectivity index (χ3v) is 4.39. The molecule has 24 heavy (non-hydrogen) atoms. The smallest absolute Gasteiger partial charge is 0.412 e. The maximum absolute atomic E-state index is 11.8. The Kier molecular flexibility index (Phi) is 4.28. The Balaban J connectivity index is 1.77. The van der Waals surface area contributed by atoms with Gasteiger partial charge in [-0.3, -0.25) is 5.32 Å². The van der Waals surface area contributed by atoms with Crippen LogP contribution in [-0.4, -0.2) is 16.7 Å². The first-order valence-electron chi connectivity index (χ1n) is 7.78. The van der Waals surface area contributed by atoms with Crippen LogP contribution in [0.4, 0.5) is 10.5 Å². The van der Waals surface area contributed by atoms with Gasteiger partial charge in [0.1, 0.15) is 10.6 Å². The normalized spacial score (nSPS) is 11.5. The number of ether oxygens (including phenoxy) is 1. The zero-order chi connectivity index (χ0) is 17.3. The minimum Gasteiger partial charge on any atom is -0.444 e. The maximum atomic E-state index is 11.8. The number of amides is 1. The lowest BCUT2D eigenvalue weighted by Crippen LogP contribution is -2.27. The van der Waals surface area contributed by atoms with Crippen LogP contribution in [0.5, 0.6) is 0 Å². The van der Waals surface area contributed by atoms with Gasteiger partial charge in [0.15, 0.2) is 0 Å². The van der Waals surface area contributed by atoms with Gasteiger partial charge in [0.05, 0.1) is 10.2 Å². The summed E-state index contributed by atoms with van der Waals surface area (Å²) < 4.78 is 6.43. The number of nitrogens with one attached hydrogen (secondary N) is 1. The Morgan fingerprint density at radius 1 is 1.12 bits per heavy atom. The van der Waals surface area contributed by atoms with Gasteiger partial charge in [-0.05, 0) is 69.7 Å². The summed E-state index contributed by atoms with van der Waals surface area (Å²) in [5, 5.41) is 3.70. The number of aromatic nitrogens is 1. The fourth-order valence-corrected chi connectivity index (χ4v) is 3.34. The minimum atomic E-state index is -0.511. The van der Waals surface area contributed by atoms with Crippen molar-refractivity contribution < 1.29 is 9.53 Å². The van der Waals surface area contributed by atoms with Crippen molar-refractivity contribution in [3.8, 4) is 10.6 Å². The first-order valence-corrected chi connectivity index (χ1v) is 8.59. The summed E-state index contributed by atoms with van der Waals surface area (Å²) >= 11 is 1.67. The molecular weight excluding hydrogens is 320 g/mol. The highest BCUT2D eigenvalue weighted by Crippen LogP contribution is 2.31. The van der Waals surface area contributed by atoms with Crippen molar-refractivity contribution in [1.29, 1.82) is 0 Å². The average Bonchev–Trinajstić information content (AvgIpc) is 2.89. The van der Waals surface area contributed by atoms with Crippen molar-refractivity contribution in [3.63, 3.8) is 0 Å². The molecule has 1 heterocycles. The van der Waals surface area contributed by atoms with Gasteiger partial charge in [-0.1, -0.05) is 6.07 Å². The summed E-state index contributed by atoms with van der Waals surface area (Å²) in [5.41, 5.74) is 3.46. The van der Waals surface area contributed by atoms with Crippen molar-refractivity contribution in [3.05, 3.63) is 48.0 Å². The van der Waals surface area contributed by atoms with Crippen molar-refractivity contribution in [2.45, 2.75) is 33.3 Å². The van der Waals surface area contributed by atoms with E-state index in [0.717, 1.165) is 16.1 Å². The van der Waals surface area contributed by atoms with Crippen LogP contribution in [0, 0.1) is 6.92 Å². The van der Waals surface area contributed by atoms with Gasteiger partial charge in [0.25, 0.3) is 0 Å². The van der Waals surface area contributed by atoms with E-state index in [0.29, 0.717) is 5.69 Å². The number of carbonyl (C=O) groups excluding carboxylic acids is 1. The van der Waals surface area contributed by atoms with Gasteiger partial charge in [0, 0.05) is 11.3 Å². The summed E-state index contributed by atoms with van der Waals surface area (Å²) in [5.74, 6) is 0. The van der Waals surface area contributed by atoms with Crippen LogP contribution in [0.1, 0.15) is 26.3 Å². The molecule has 1 aromatic heterocycles. The maximum Gasteiger partial charge on any atom is 0.412 e. The number of nitrogens with zero attached hydrogens (tertiary/aromatic N) is 1. The van der Waals surface area contributed by atoms with Crippen molar-refractivity contribution >= 4 is 33.3 Å². The average molecular weight is 340 g/mol. The molecule has 0 atom stereocenters. The van der Waals surface area contributed by atoms with E-state index in [2.05, 4.69) is 29.4 Å².